The number of hydrogen-bond acceptors (Lipinski definition) is 4. The lowest BCUT2D eigenvalue weighted by Crippen LogP contribution is -2.13. The number of nitrogens with zero attached hydrogens (tertiary/aromatic N) is 2. The Hall–Kier alpha value is -3.19. The summed E-state index contributed by atoms with van der Waals surface area (Å²) in [7, 11) is 3.46. The SMILES string of the molecule is CN(C)/C=C(\C#N)C(=O)c1ccccc1C(=O)c1ccccc1. The highest BCUT2D eigenvalue weighted by atomic mass is 16.1. The van der Waals surface area contributed by atoms with E-state index in [2.05, 4.69) is 0 Å². The minimum atomic E-state index is -0.457. The fraction of sp³-hybridized carbons (Fsp3) is 0.105. The topological polar surface area (TPSA) is 61.2 Å². The summed E-state index contributed by atoms with van der Waals surface area (Å²) in [5.41, 5.74) is 1.02. The van der Waals surface area contributed by atoms with Crippen molar-refractivity contribution in [3.63, 3.8) is 0 Å². The van der Waals surface area contributed by atoms with Crippen LogP contribution >= 0.6 is 0 Å². The van der Waals surface area contributed by atoms with Gasteiger partial charge >= 0.3 is 0 Å². The van der Waals surface area contributed by atoms with Crippen molar-refractivity contribution in [2.24, 2.45) is 0 Å². The Morgan fingerprint density at radius 2 is 1.52 bits per heavy atom. The second kappa shape index (κ2) is 7.19. The Morgan fingerprint density at radius 1 is 0.957 bits per heavy atom. The summed E-state index contributed by atoms with van der Waals surface area (Å²) < 4.78 is 0. The highest BCUT2D eigenvalue weighted by Gasteiger charge is 2.20. The largest absolute Gasteiger partial charge is 0.382 e. The monoisotopic (exact) mass is 304 g/mol. The molecule has 0 unspecified atom stereocenters. The number of Topliss-reactive ketones (excluding diaryl/α,β-unsaturated/α-hetero) is 1. The van der Waals surface area contributed by atoms with Crippen LogP contribution < -0.4 is 0 Å². The molecule has 0 aliphatic heterocycles. The second-order valence-electron chi connectivity index (χ2n) is 5.19. The van der Waals surface area contributed by atoms with Gasteiger partial charge in [0.1, 0.15) is 11.6 Å². The van der Waals surface area contributed by atoms with Gasteiger partial charge in [0.25, 0.3) is 0 Å². The molecule has 0 saturated heterocycles. The first-order chi connectivity index (χ1) is 11.0. The molecule has 0 spiro atoms. The zero-order valence-corrected chi connectivity index (χ0v) is 13.0. The molecule has 114 valence electrons. The maximum Gasteiger partial charge on any atom is 0.205 e. The molecule has 0 aromatic heterocycles. The maximum atomic E-state index is 12.6. The third-order valence-electron chi connectivity index (χ3n) is 3.20. The molecule has 0 radical (unpaired) electrons. The molecule has 2 aromatic rings. The molecule has 2 aromatic carbocycles. The van der Waals surface area contributed by atoms with E-state index in [-0.39, 0.29) is 16.9 Å². The molecule has 23 heavy (non-hydrogen) atoms. The Bertz CT molecular complexity index is 800. The fourth-order valence-corrected chi connectivity index (χ4v) is 2.17. The second-order valence-corrected chi connectivity index (χ2v) is 5.19. The lowest BCUT2D eigenvalue weighted by molar-refractivity contribution is 0.100. The van der Waals surface area contributed by atoms with E-state index in [9.17, 15) is 14.9 Å². The van der Waals surface area contributed by atoms with Gasteiger partial charge in [0.15, 0.2) is 5.78 Å². The molecule has 4 nitrogen and oxygen atoms in total. The third kappa shape index (κ3) is 3.72. The Morgan fingerprint density at radius 3 is 2.09 bits per heavy atom. The molecule has 0 aliphatic rings. The average Bonchev–Trinajstić information content (AvgIpc) is 2.59. The van der Waals surface area contributed by atoms with Crippen LogP contribution in [-0.2, 0) is 0 Å². The average molecular weight is 304 g/mol. The molecule has 0 atom stereocenters. The summed E-state index contributed by atoms with van der Waals surface area (Å²) in [6.45, 7) is 0. The van der Waals surface area contributed by atoms with Crippen molar-refractivity contribution >= 4 is 11.6 Å². The van der Waals surface area contributed by atoms with Crippen molar-refractivity contribution < 1.29 is 9.59 Å². The Balaban J connectivity index is 2.48. The molecule has 2 rings (SSSR count). The van der Waals surface area contributed by atoms with Crippen LogP contribution in [0.15, 0.2) is 66.4 Å². The fourth-order valence-electron chi connectivity index (χ4n) is 2.17. The van der Waals surface area contributed by atoms with Crippen molar-refractivity contribution in [1.29, 1.82) is 5.26 Å². The first-order valence-electron chi connectivity index (χ1n) is 7.06. The van der Waals surface area contributed by atoms with Crippen molar-refractivity contribution in [3.8, 4) is 6.07 Å². The number of benzene rings is 2. The minimum Gasteiger partial charge on any atom is -0.382 e. The van der Waals surface area contributed by atoms with Crippen molar-refractivity contribution in [3.05, 3.63) is 83.1 Å². The summed E-state index contributed by atoms with van der Waals surface area (Å²) >= 11 is 0. The van der Waals surface area contributed by atoms with E-state index in [1.54, 1.807) is 67.5 Å². The van der Waals surface area contributed by atoms with Crippen molar-refractivity contribution in [2.75, 3.05) is 14.1 Å². The molecule has 0 N–H and O–H groups in total. The van der Waals surface area contributed by atoms with Crippen molar-refractivity contribution in [2.45, 2.75) is 0 Å². The van der Waals surface area contributed by atoms with Gasteiger partial charge in [0.2, 0.25) is 5.78 Å². The first kappa shape index (κ1) is 16.2. The van der Waals surface area contributed by atoms with Crippen LogP contribution in [0, 0.1) is 11.3 Å². The van der Waals surface area contributed by atoms with E-state index in [0.717, 1.165) is 0 Å². The number of carbonyl (C=O) groups is 2. The first-order valence-corrected chi connectivity index (χ1v) is 7.06. The van der Waals surface area contributed by atoms with Crippen LogP contribution in [0.4, 0.5) is 0 Å². The highest BCUT2D eigenvalue weighted by molar-refractivity contribution is 6.20. The highest BCUT2D eigenvalue weighted by Crippen LogP contribution is 2.18. The summed E-state index contributed by atoms with van der Waals surface area (Å²) in [6, 6.07) is 17.2. The zero-order chi connectivity index (χ0) is 16.8. The van der Waals surface area contributed by atoms with E-state index in [4.69, 9.17) is 0 Å². The summed E-state index contributed by atoms with van der Waals surface area (Å²) in [4.78, 5) is 26.9. The van der Waals surface area contributed by atoms with E-state index in [0.29, 0.717) is 11.1 Å². The minimum absolute atomic E-state index is 0.0108. The predicted octanol–water partition coefficient (Wildman–Crippen LogP) is 3.07. The maximum absolute atomic E-state index is 12.6. The van der Waals surface area contributed by atoms with Gasteiger partial charge in [-0.2, -0.15) is 5.26 Å². The number of hydrogen-bond donors (Lipinski definition) is 0. The quantitative estimate of drug-likeness (QED) is 0.484. The lowest BCUT2D eigenvalue weighted by Gasteiger charge is -2.09. The molecule has 0 saturated carbocycles. The van der Waals surface area contributed by atoms with Crippen LogP contribution in [0.1, 0.15) is 26.3 Å². The van der Waals surface area contributed by atoms with E-state index in [1.807, 2.05) is 12.1 Å². The lowest BCUT2D eigenvalue weighted by atomic mass is 9.94. The van der Waals surface area contributed by atoms with Crippen molar-refractivity contribution in [1.82, 2.24) is 4.90 Å². The van der Waals surface area contributed by atoms with E-state index < -0.39 is 5.78 Å². The zero-order valence-electron chi connectivity index (χ0n) is 13.0. The van der Waals surface area contributed by atoms with Gasteiger partial charge in [-0.1, -0.05) is 54.6 Å². The standard InChI is InChI=1S/C19H16N2O2/c1-21(2)13-15(12-20)19(23)17-11-7-6-10-16(17)18(22)14-8-4-3-5-9-14/h3-11,13H,1-2H3/b15-13+. The van der Waals surface area contributed by atoms with Crippen LogP contribution in [0.25, 0.3) is 0 Å². The van der Waals surface area contributed by atoms with E-state index in [1.165, 1.54) is 6.20 Å². The number of rotatable bonds is 5. The number of ketones is 2. The molecule has 0 amide bonds. The predicted molar refractivity (Wildman–Crippen MR) is 88.0 cm³/mol. The Labute approximate surface area is 135 Å². The van der Waals surface area contributed by atoms with Gasteiger partial charge in [-0.15, -0.1) is 0 Å². The Kier molecular flexibility index (Phi) is 5.06. The summed E-state index contributed by atoms with van der Waals surface area (Å²) in [5.74, 6) is -0.697. The van der Waals surface area contributed by atoms with Gasteiger partial charge in [-0.3, -0.25) is 9.59 Å². The summed E-state index contributed by atoms with van der Waals surface area (Å²) in [6.07, 6.45) is 1.45. The van der Waals surface area contributed by atoms with Crippen LogP contribution in [0.2, 0.25) is 0 Å². The van der Waals surface area contributed by atoms with E-state index >= 15 is 0 Å². The number of allylic oxidation sites excluding steroid dienone is 1. The molecular formula is C19H16N2O2. The smallest absolute Gasteiger partial charge is 0.205 e. The molecule has 0 aliphatic carbocycles. The van der Waals surface area contributed by atoms with Crippen LogP contribution in [-0.4, -0.2) is 30.6 Å². The molecule has 0 heterocycles. The molecule has 0 fully saturated rings. The molecule has 0 bridgehead atoms. The third-order valence-corrected chi connectivity index (χ3v) is 3.20. The molecule has 4 heteroatoms. The van der Waals surface area contributed by atoms with Gasteiger partial charge in [0, 0.05) is 37.0 Å². The van der Waals surface area contributed by atoms with Gasteiger partial charge in [-0.25, -0.2) is 0 Å². The number of nitriles is 1. The van der Waals surface area contributed by atoms with Crippen LogP contribution in [0.3, 0.4) is 0 Å². The number of carbonyl (C=O) groups excluding carboxylic acids is 2. The van der Waals surface area contributed by atoms with Crippen LogP contribution in [0.5, 0.6) is 0 Å². The summed E-state index contributed by atoms with van der Waals surface area (Å²) in [5, 5.41) is 9.20. The van der Waals surface area contributed by atoms with Gasteiger partial charge in [0.05, 0.1) is 0 Å². The van der Waals surface area contributed by atoms with Gasteiger partial charge < -0.3 is 4.90 Å². The molecular weight excluding hydrogens is 288 g/mol. The normalized spacial score (nSPS) is 10.7. The van der Waals surface area contributed by atoms with Gasteiger partial charge in [-0.05, 0) is 0 Å².